The molecule has 1 aromatic heterocycles. The molecule has 0 radical (unpaired) electrons. The molecule has 0 spiro atoms. The minimum atomic E-state index is 0.817. The van der Waals surface area contributed by atoms with Gasteiger partial charge in [-0.05, 0) is 58.3 Å². The smallest absolute Gasteiger partial charge is 0.118 e. The van der Waals surface area contributed by atoms with E-state index in [4.69, 9.17) is 4.42 Å². The second-order valence-electron chi connectivity index (χ2n) is 5.64. The van der Waals surface area contributed by atoms with Gasteiger partial charge in [-0.25, -0.2) is 0 Å². The van der Waals surface area contributed by atoms with Crippen molar-refractivity contribution in [3.63, 3.8) is 0 Å². The standard InChI is InChI=1S/C15H26N2O/c1-12-5-4-7-17(8-6-12)11-14-9-15(10-16-3)18-13(14)2/h9,12,16H,4-8,10-11H2,1-3H3. The molecule has 1 aromatic rings. The average Bonchev–Trinajstić information content (AvgIpc) is 2.54. The lowest BCUT2D eigenvalue weighted by molar-refractivity contribution is 0.272. The molecule has 3 heteroatoms. The van der Waals surface area contributed by atoms with E-state index >= 15 is 0 Å². The molecule has 0 saturated carbocycles. The van der Waals surface area contributed by atoms with Crippen LogP contribution in [0.2, 0.25) is 0 Å². The van der Waals surface area contributed by atoms with Crippen LogP contribution in [0.25, 0.3) is 0 Å². The fraction of sp³-hybridized carbons (Fsp3) is 0.733. The Morgan fingerprint density at radius 3 is 3.00 bits per heavy atom. The summed E-state index contributed by atoms with van der Waals surface area (Å²) in [6.45, 7) is 8.78. The molecule has 1 N–H and O–H groups in total. The topological polar surface area (TPSA) is 28.4 Å². The van der Waals surface area contributed by atoms with Crippen molar-refractivity contribution in [2.75, 3.05) is 20.1 Å². The van der Waals surface area contributed by atoms with Gasteiger partial charge in [0.2, 0.25) is 0 Å². The highest BCUT2D eigenvalue weighted by Gasteiger charge is 2.16. The van der Waals surface area contributed by atoms with Crippen molar-refractivity contribution >= 4 is 0 Å². The molecule has 2 heterocycles. The molecule has 18 heavy (non-hydrogen) atoms. The molecule has 1 unspecified atom stereocenters. The van der Waals surface area contributed by atoms with Gasteiger partial charge in [0.15, 0.2) is 0 Å². The SMILES string of the molecule is CNCc1cc(CN2CCCC(C)CC2)c(C)o1. The summed E-state index contributed by atoms with van der Waals surface area (Å²) in [4.78, 5) is 2.57. The monoisotopic (exact) mass is 250 g/mol. The highest BCUT2D eigenvalue weighted by molar-refractivity contribution is 5.20. The van der Waals surface area contributed by atoms with E-state index in [-0.39, 0.29) is 0 Å². The molecule has 102 valence electrons. The molecule has 1 aliphatic heterocycles. The predicted molar refractivity (Wildman–Crippen MR) is 74.5 cm³/mol. The number of nitrogens with one attached hydrogen (secondary N) is 1. The van der Waals surface area contributed by atoms with E-state index in [1.807, 2.05) is 7.05 Å². The molecule has 1 aliphatic rings. The van der Waals surface area contributed by atoms with Gasteiger partial charge >= 0.3 is 0 Å². The van der Waals surface area contributed by atoms with Crippen LogP contribution in [0, 0.1) is 12.8 Å². The Morgan fingerprint density at radius 2 is 2.22 bits per heavy atom. The van der Waals surface area contributed by atoms with Crippen LogP contribution in [0.5, 0.6) is 0 Å². The Labute approximate surface area is 111 Å². The second kappa shape index (κ2) is 6.39. The first-order chi connectivity index (χ1) is 8.69. The largest absolute Gasteiger partial charge is 0.465 e. The average molecular weight is 250 g/mol. The Balaban J connectivity index is 1.95. The van der Waals surface area contributed by atoms with Crippen LogP contribution in [-0.4, -0.2) is 25.0 Å². The number of hydrogen-bond donors (Lipinski definition) is 1. The van der Waals surface area contributed by atoms with Gasteiger partial charge in [0.05, 0.1) is 6.54 Å². The van der Waals surface area contributed by atoms with E-state index in [1.165, 1.54) is 37.9 Å². The number of aryl methyl sites for hydroxylation is 1. The zero-order chi connectivity index (χ0) is 13.0. The van der Waals surface area contributed by atoms with Gasteiger partial charge in [-0.3, -0.25) is 4.90 Å². The maximum atomic E-state index is 5.76. The van der Waals surface area contributed by atoms with Crippen LogP contribution < -0.4 is 5.32 Å². The molecule has 2 rings (SSSR count). The highest BCUT2D eigenvalue weighted by Crippen LogP contribution is 2.21. The van der Waals surface area contributed by atoms with Crippen LogP contribution in [0.15, 0.2) is 10.5 Å². The summed E-state index contributed by atoms with van der Waals surface area (Å²) in [5, 5.41) is 3.14. The molecule has 0 aliphatic carbocycles. The normalized spacial score (nSPS) is 22.1. The Kier molecular flexibility index (Phi) is 4.84. The summed E-state index contributed by atoms with van der Waals surface area (Å²) in [5.74, 6) is 3.02. The third kappa shape index (κ3) is 3.59. The zero-order valence-corrected chi connectivity index (χ0v) is 12.0. The minimum Gasteiger partial charge on any atom is -0.465 e. The molecular formula is C15H26N2O. The quantitative estimate of drug-likeness (QED) is 0.890. The Hall–Kier alpha value is -0.800. The van der Waals surface area contributed by atoms with E-state index in [2.05, 4.69) is 30.1 Å². The molecule has 1 fully saturated rings. The van der Waals surface area contributed by atoms with Gasteiger partial charge in [-0.15, -0.1) is 0 Å². The van der Waals surface area contributed by atoms with E-state index in [0.717, 1.165) is 30.5 Å². The first kappa shape index (κ1) is 13.6. The molecule has 1 saturated heterocycles. The first-order valence-corrected chi connectivity index (χ1v) is 7.14. The summed E-state index contributed by atoms with van der Waals surface area (Å²) < 4.78 is 5.76. The summed E-state index contributed by atoms with van der Waals surface area (Å²) in [5.41, 5.74) is 1.36. The van der Waals surface area contributed by atoms with Crippen molar-refractivity contribution in [2.45, 2.75) is 46.2 Å². The number of furan rings is 1. The maximum absolute atomic E-state index is 5.76. The van der Waals surface area contributed by atoms with Gasteiger partial charge in [0, 0.05) is 12.1 Å². The van der Waals surface area contributed by atoms with Crippen molar-refractivity contribution in [1.29, 1.82) is 0 Å². The van der Waals surface area contributed by atoms with Crippen LogP contribution in [0.1, 0.15) is 43.3 Å². The number of rotatable bonds is 4. The van der Waals surface area contributed by atoms with Crippen molar-refractivity contribution in [3.8, 4) is 0 Å². The number of nitrogens with zero attached hydrogens (tertiary/aromatic N) is 1. The maximum Gasteiger partial charge on any atom is 0.118 e. The zero-order valence-electron chi connectivity index (χ0n) is 12.0. The van der Waals surface area contributed by atoms with Crippen LogP contribution in [0.4, 0.5) is 0 Å². The predicted octanol–water partition coefficient (Wildman–Crippen LogP) is 2.93. The van der Waals surface area contributed by atoms with Crippen molar-refractivity contribution in [1.82, 2.24) is 10.2 Å². The van der Waals surface area contributed by atoms with E-state index < -0.39 is 0 Å². The first-order valence-electron chi connectivity index (χ1n) is 7.14. The van der Waals surface area contributed by atoms with Gasteiger partial charge in [0.1, 0.15) is 11.5 Å². The Bertz CT molecular complexity index is 373. The summed E-state index contributed by atoms with van der Waals surface area (Å²) in [6, 6.07) is 2.21. The summed E-state index contributed by atoms with van der Waals surface area (Å²) >= 11 is 0. The van der Waals surface area contributed by atoms with Crippen LogP contribution >= 0.6 is 0 Å². The van der Waals surface area contributed by atoms with Gasteiger partial charge in [-0.2, -0.15) is 0 Å². The van der Waals surface area contributed by atoms with Gasteiger partial charge in [0.25, 0.3) is 0 Å². The van der Waals surface area contributed by atoms with E-state index in [0.29, 0.717) is 0 Å². The minimum absolute atomic E-state index is 0.817. The van der Waals surface area contributed by atoms with Gasteiger partial charge < -0.3 is 9.73 Å². The summed E-state index contributed by atoms with van der Waals surface area (Å²) in [6.07, 6.45) is 4.05. The third-order valence-electron chi connectivity index (χ3n) is 3.93. The second-order valence-corrected chi connectivity index (χ2v) is 5.64. The van der Waals surface area contributed by atoms with E-state index in [1.54, 1.807) is 0 Å². The lowest BCUT2D eigenvalue weighted by Gasteiger charge is -2.19. The molecular weight excluding hydrogens is 224 g/mol. The molecule has 0 bridgehead atoms. The fourth-order valence-electron chi connectivity index (χ4n) is 2.73. The molecule has 1 atom stereocenters. The lowest BCUT2D eigenvalue weighted by Crippen LogP contribution is -2.24. The van der Waals surface area contributed by atoms with Crippen molar-refractivity contribution < 1.29 is 4.42 Å². The highest BCUT2D eigenvalue weighted by atomic mass is 16.3. The van der Waals surface area contributed by atoms with Crippen molar-refractivity contribution in [2.24, 2.45) is 5.92 Å². The Morgan fingerprint density at radius 1 is 1.39 bits per heavy atom. The third-order valence-corrected chi connectivity index (χ3v) is 3.93. The molecule has 3 nitrogen and oxygen atoms in total. The number of hydrogen-bond acceptors (Lipinski definition) is 3. The molecule has 0 amide bonds. The summed E-state index contributed by atoms with van der Waals surface area (Å²) in [7, 11) is 1.95. The van der Waals surface area contributed by atoms with Crippen LogP contribution in [-0.2, 0) is 13.1 Å². The van der Waals surface area contributed by atoms with E-state index in [9.17, 15) is 0 Å². The van der Waals surface area contributed by atoms with Crippen LogP contribution in [0.3, 0.4) is 0 Å². The number of likely N-dealkylation sites (tertiary alicyclic amines) is 1. The lowest BCUT2D eigenvalue weighted by atomic mass is 10.0. The molecule has 0 aromatic carbocycles. The fourth-order valence-corrected chi connectivity index (χ4v) is 2.73. The van der Waals surface area contributed by atoms with Gasteiger partial charge in [-0.1, -0.05) is 6.92 Å². The van der Waals surface area contributed by atoms with Crippen molar-refractivity contribution in [3.05, 3.63) is 23.2 Å².